The summed E-state index contributed by atoms with van der Waals surface area (Å²) in [5.74, 6) is 1.45. The van der Waals surface area contributed by atoms with Crippen LogP contribution < -0.4 is 51.4 Å². The number of hydrogen-bond acceptors (Lipinski definition) is 1. The molecule has 1 amide bonds. The van der Waals surface area contributed by atoms with E-state index < -0.39 is 0 Å². The van der Waals surface area contributed by atoms with Gasteiger partial charge < -0.3 is 11.3 Å². The molecular formula is C9H12KNO. The zero-order valence-corrected chi connectivity index (χ0v) is 10.6. The Balaban J connectivity index is 0.000000720. The largest absolute Gasteiger partial charge is 1.00 e. The molecule has 0 N–H and O–H groups in total. The zero-order chi connectivity index (χ0) is 7.84. The van der Waals surface area contributed by atoms with E-state index in [4.69, 9.17) is 0 Å². The Kier molecular flexibility index (Phi) is 3.98. The maximum atomic E-state index is 11.1. The molecular weight excluding hydrogens is 177 g/mol. The number of carbonyl (C=O) groups excluding carboxylic acids is 1. The molecule has 1 aliphatic carbocycles. The minimum Gasteiger partial charge on any atom is -0.344 e. The number of carbonyl (C=O) groups is 1. The van der Waals surface area contributed by atoms with E-state index >= 15 is 0 Å². The molecule has 2 atom stereocenters. The van der Waals surface area contributed by atoms with Crippen LogP contribution in [0, 0.1) is 18.3 Å². The van der Waals surface area contributed by atoms with Crippen molar-refractivity contribution in [2.75, 3.05) is 13.1 Å². The molecule has 0 spiro atoms. The van der Waals surface area contributed by atoms with Crippen LogP contribution in [0.15, 0.2) is 12.7 Å². The van der Waals surface area contributed by atoms with Crippen molar-refractivity contribution in [2.45, 2.75) is 6.42 Å². The molecule has 0 aromatic heterocycles. The summed E-state index contributed by atoms with van der Waals surface area (Å²) in [4.78, 5) is 13.0. The Morgan fingerprint density at radius 1 is 1.50 bits per heavy atom. The number of fused-ring (bicyclic) bond motifs is 2. The summed E-state index contributed by atoms with van der Waals surface area (Å²) < 4.78 is 0. The number of piperidine rings is 2. The molecule has 0 aromatic rings. The maximum Gasteiger partial charge on any atom is 1.00 e. The Morgan fingerprint density at radius 2 is 2.00 bits per heavy atom. The quantitative estimate of drug-likeness (QED) is 0.262. The molecule has 1 saturated carbocycles. The van der Waals surface area contributed by atoms with Crippen LogP contribution >= 0.6 is 0 Å². The molecule has 2 aliphatic heterocycles. The second-order valence-corrected chi connectivity index (χ2v) is 3.40. The predicted molar refractivity (Wildman–Crippen MR) is 42.7 cm³/mol. The standard InChI is InChI=1S/C9H12NO.K/c1-2-9(11)10-5-7-3-8(4-7)6-10;/h2-3,7-8H,1,4-6H2;/q-1;+1. The normalized spacial score (nSPS) is 31.5. The molecule has 0 radical (unpaired) electrons. The number of rotatable bonds is 1. The van der Waals surface area contributed by atoms with Crippen molar-refractivity contribution < 1.29 is 56.2 Å². The van der Waals surface area contributed by atoms with Gasteiger partial charge in [-0.1, -0.05) is 13.0 Å². The molecule has 3 rings (SSSR count). The van der Waals surface area contributed by atoms with Gasteiger partial charge in [0.25, 0.3) is 0 Å². The minimum absolute atomic E-state index is 0. The van der Waals surface area contributed by atoms with E-state index in [2.05, 4.69) is 13.0 Å². The van der Waals surface area contributed by atoms with Crippen molar-refractivity contribution >= 4 is 5.91 Å². The Labute approximate surface area is 116 Å². The summed E-state index contributed by atoms with van der Waals surface area (Å²) >= 11 is 0. The molecule has 2 heterocycles. The van der Waals surface area contributed by atoms with Gasteiger partial charge in [-0.15, -0.1) is 0 Å². The van der Waals surface area contributed by atoms with Crippen LogP contribution in [0.2, 0.25) is 0 Å². The molecule has 12 heavy (non-hydrogen) atoms. The SMILES string of the molecule is C=CC(=O)N1CC2[CH-]C(C2)C1.[K+]. The minimum atomic E-state index is 0. The van der Waals surface area contributed by atoms with Crippen LogP contribution in [0.4, 0.5) is 0 Å². The second-order valence-electron chi connectivity index (χ2n) is 3.40. The van der Waals surface area contributed by atoms with Gasteiger partial charge in [-0.05, 0) is 19.2 Å². The predicted octanol–water partition coefficient (Wildman–Crippen LogP) is -2.14. The van der Waals surface area contributed by atoms with E-state index in [0.717, 1.165) is 13.1 Å². The topological polar surface area (TPSA) is 20.3 Å². The third kappa shape index (κ3) is 2.01. The molecule has 2 nitrogen and oxygen atoms in total. The molecule has 2 saturated heterocycles. The Hall–Kier alpha value is 0.846. The molecule has 2 unspecified atom stereocenters. The third-order valence-corrected chi connectivity index (χ3v) is 2.55. The summed E-state index contributed by atoms with van der Waals surface area (Å²) in [5.41, 5.74) is 0. The van der Waals surface area contributed by atoms with Crippen molar-refractivity contribution in [3.8, 4) is 0 Å². The first-order valence-electron chi connectivity index (χ1n) is 4.06. The average Bonchev–Trinajstić information content (AvgIpc) is 2.02. The van der Waals surface area contributed by atoms with Gasteiger partial charge >= 0.3 is 51.4 Å². The molecule has 2 bridgehead atoms. The molecule has 0 aromatic carbocycles. The van der Waals surface area contributed by atoms with Crippen LogP contribution in [0.5, 0.6) is 0 Å². The summed E-state index contributed by atoms with van der Waals surface area (Å²) in [6, 6.07) is 0. The second kappa shape index (κ2) is 4.38. The monoisotopic (exact) mass is 189 g/mol. The fourth-order valence-electron chi connectivity index (χ4n) is 1.96. The Morgan fingerprint density at radius 3 is 2.42 bits per heavy atom. The van der Waals surface area contributed by atoms with Crippen LogP contribution in [0.25, 0.3) is 0 Å². The van der Waals surface area contributed by atoms with E-state index in [1.165, 1.54) is 12.5 Å². The van der Waals surface area contributed by atoms with E-state index in [1.807, 2.05) is 4.90 Å². The average molecular weight is 189 g/mol. The zero-order valence-electron chi connectivity index (χ0n) is 7.49. The summed E-state index contributed by atoms with van der Waals surface area (Å²) in [6.45, 7) is 5.31. The summed E-state index contributed by atoms with van der Waals surface area (Å²) in [5, 5.41) is 0. The summed E-state index contributed by atoms with van der Waals surface area (Å²) in [7, 11) is 0. The van der Waals surface area contributed by atoms with Gasteiger partial charge in [0, 0.05) is 0 Å². The van der Waals surface area contributed by atoms with Crippen molar-refractivity contribution in [1.82, 2.24) is 4.90 Å². The third-order valence-electron chi connectivity index (χ3n) is 2.55. The Bertz CT molecular complexity index is 189. The van der Waals surface area contributed by atoms with Gasteiger partial charge in [0.2, 0.25) is 5.91 Å². The molecule has 3 fully saturated rings. The van der Waals surface area contributed by atoms with Crippen molar-refractivity contribution in [3.63, 3.8) is 0 Å². The van der Waals surface area contributed by atoms with Gasteiger partial charge in [-0.3, -0.25) is 4.79 Å². The van der Waals surface area contributed by atoms with Crippen LogP contribution in [0.3, 0.4) is 0 Å². The molecule has 3 aliphatic rings. The van der Waals surface area contributed by atoms with Crippen molar-refractivity contribution in [2.24, 2.45) is 11.8 Å². The fraction of sp³-hybridized carbons (Fsp3) is 0.556. The first-order chi connectivity index (χ1) is 5.29. The van der Waals surface area contributed by atoms with Gasteiger partial charge in [0.1, 0.15) is 0 Å². The van der Waals surface area contributed by atoms with Gasteiger partial charge in [-0.2, -0.15) is 11.8 Å². The van der Waals surface area contributed by atoms with Gasteiger partial charge in [-0.25, -0.2) is 0 Å². The van der Waals surface area contributed by atoms with Crippen LogP contribution in [-0.4, -0.2) is 23.9 Å². The van der Waals surface area contributed by atoms with Gasteiger partial charge in [0.05, 0.1) is 0 Å². The number of hydrogen-bond donors (Lipinski definition) is 0. The van der Waals surface area contributed by atoms with E-state index in [-0.39, 0.29) is 57.3 Å². The van der Waals surface area contributed by atoms with Crippen molar-refractivity contribution in [3.05, 3.63) is 19.1 Å². The van der Waals surface area contributed by atoms with E-state index in [9.17, 15) is 4.79 Å². The van der Waals surface area contributed by atoms with Crippen molar-refractivity contribution in [1.29, 1.82) is 0 Å². The van der Waals surface area contributed by atoms with Gasteiger partial charge in [0.15, 0.2) is 0 Å². The number of amides is 1. The van der Waals surface area contributed by atoms with Crippen LogP contribution in [-0.2, 0) is 4.79 Å². The van der Waals surface area contributed by atoms with E-state index in [1.54, 1.807) is 0 Å². The van der Waals surface area contributed by atoms with Crippen LogP contribution in [0.1, 0.15) is 6.42 Å². The molecule has 3 heteroatoms. The smallest absolute Gasteiger partial charge is 0.344 e. The maximum absolute atomic E-state index is 11.1. The number of nitrogens with zero attached hydrogens (tertiary/aromatic N) is 1. The first-order valence-corrected chi connectivity index (χ1v) is 4.06. The first kappa shape index (κ1) is 10.9. The molecule has 60 valence electrons. The summed E-state index contributed by atoms with van der Waals surface area (Å²) in [6.07, 6.45) is 5.05. The fourth-order valence-corrected chi connectivity index (χ4v) is 1.96. The van der Waals surface area contributed by atoms with E-state index in [0.29, 0.717) is 11.8 Å².